The predicted molar refractivity (Wildman–Crippen MR) is 49.5 cm³/mol. The summed E-state index contributed by atoms with van der Waals surface area (Å²) in [5, 5.41) is 11.8. The van der Waals surface area contributed by atoms with Crippen LogP contribution in [0.5, 0.6) is 0 Å². The summed E-state index contributed by atoms with van der Waals surface area (Å²) in [6.45, 7) is 0. The number of hydrogen-bond donors (Lipinski definition) is 2. The summed E-state index contributed by atoms with van der Waals surface area (Å²) in [5.41, 5.74) is 0. The minimum absolute atomic E-state index is 0.257. The summed E-state index contributed by atoms with van der Waals surface area (Å²) in [6, 6.07) is 0.244. The SMILES string of the molecule is O=C(O)C1CC(C2CCCCC2)N1. The van der Waals surface area contributed by atoms with E-state index in [1.54, 1.807) is 0 Å². The van der Waals surface area contributed by atoms with Crippen molar-refractivity contribution in [2.45, 2.75) is 50.6 Å². The van der Waals surface area contributed by atoms with Crippen LogP contribution in [-0.4, -0.2) is 23.2 Å². The van der Waals surface area contributed by atoms with Gasteiger partial charge in [0, 0.05) is 6.04 Å². The first-order chi connectivity index (χ1) is 6.27. The van der Waals surface area contributed by atoms with Gasteiger partial charge in [0.2, 0.25) is 0 Å². The molecule has 2 atom stereocenters. The van der Waals surface area contributed by atoms with E-state index in [1.165, 1.54) is 32.1 Å². The van der Waals surface area contributed by atoms with Gasteiger partial charge in [0.05, 0.1) is 0 Å². The Morgan fingerprint density at radius 2 is 1.85 bits per heavy atom. The standard InChI is InChI=1S/C10H17NO2/c12-10(13)9-6-8(11-9)7-4-2-1-3-5-7/h7-9,11H,1-6H2,(H,12,13). The quantitative estimate of drug-likeness (QED) is 0.680. The molecule has 74 valence electrons. The lowest BCUT2D eigenvalue weighted by molar-refractivity contribution is -0.143. The van der Waals surface area contributed by atoms with Gasteiger partial charge < -0.3 is 10.4 Å². The molecule has 13 heavy (non-hydrogen) atoms. The van der Waals surface area contributed by atoms with Crippen molar-refractivity contribution in [1.29, 1.82) is 0 Å². The van der Waals surface area contributed by atoms with Crippen molar-refractivity contribution in [3.63, 3.8) is 0 Å². The summed E-state index contributed by atoms with van der Waals surface area (Å²) in [5.74, 6) is 0.0661. The lowest BCUT2D eigenvalue weighted by atomic mass is 9.77. The van der Waals surface area contributed by atoms with Gasteiger partial charge in [-0.1, -0.05) is 19.3 Å². The highest BCUT2D eigenvalue weighted by atomic mass is 16.4. The van der Waals surface area contributed by atoms with E-state index in [4.69, 9.17) is 5.11 Å². The summed E-state index contributed by atoms with van der Waals surface area (Å²) < 4.78 is 0. The van der Waals surface area contributed by atoms with Gasteiger partial charge in [-0.05, 0) is 25.2 Å². The third-order valence-electron chi connectivity index (χ3n) is 3.42. The topological polar surface area (TPSA) is 49.3 Å². The van der Waals surface area contributed by atoms with Crippen LogP contribution in [0.3, 0.4) is 0 Å². The van der Waals surface area contributed by atoms with Crippen LogP contribution in [0, 0.1) is 5.92 Å². The lowest BCUT2D eigenvalue weighted by Gasteiger charge is -2.41. The zero-order valence-electron chi connectivity index (χ0n) is 7.83. The summed E-state index contributed by atoms with van der Waals surface area (Å²) >= 11 is 0. The number of carboxylic acids is 1. The molecule has 0 aromatic carbocycles. The Labute approximate surface area is 78.5 Å². The number of carbonyl (C=O) groups is 1. The molecule has 0 aromatic heterocycles. The average molecular weight is 183 g/mol. The Hall–Kier alpha value is -0.570. The van der Waals surface area contributed by atoms with Crippen molar-refractivity contribution in [1.82, 2.24) is 5.32 Å². The molecule has 0 spiro atoms. The summed E-state index contributed by atoms with van der Waals surface area (Å²) in [6.07, 6.45) is 7.47. The minimum Gasteiger partial charge on any atom is -0.480 e. The van der Waals surface area contributed by atoms with Crippen molar-refractivity contribution in [3.8, 4) is 0 Å². The second-order valence-electron chi connectivity index (χ2n) is 4.30. The van der Waals surface area contributed by atoms with Crippen molar-refractivity contribution in [2.24, 2.45) is 5.92 Å². The Morgan fingerprint density at radius 3 is 2.38 bits per heavy atom. The second kappa shape index (κ2) is 3.66. The van der Waals surface area contributed by atoms with Gasteiger partial charge in [0.25, 0.3) is 0 Å². The molecule has 3 nitrogen and oxygen atoms in total. The molecule has 1 saturated heterocycles. The van der Waals surface area contributed by atoms with E-state index in [1.807, 2.05) is 0 Å². The largest absolute Gasteiger partial charge is 0.480 e. The highest BCUT2D eigenvalue weighted by Gasteiger charge is 2.38. The molecular weight excluding hydrogens is 166 g/mol. The molecule has 2 N–H and O–H groups in total. The molecule has 1 saturated carbocycles. The van der Waals surface area contributed by atoms with Gasteiger partial charge in [-0.25, -0.2) is 0 Å². The van der Waals surface area contributed by atoms with Crippen molar-refractivity contribution >= 4 is 5.97 Å². The number of nitrogens with one attached hydrogen (secondary N) is 1. The monoisotopic (exact) mass is 183 g/mol. The fourth-order valence-electron chi connectivity index (χ4n) is 2.53. The highest BCUT2D eigenvalue weighted by molar-refractivity contribution is 5.74. The van der Waals surface area contributed by atoms with Gasteiger partial charge in [0.15, 0.2) is 0 Å². The first kappa shape index (κ1) is 9.00. The summed E-state index contributed by atoms with van der Waals surface area (Å²) in [4.78, 5) is 10.5. The third kappa shape index (κ3) is 1.85. The smallest absolute Gasteiger partial charge is 0.320 e. The second-order valence-corrected chi connectivity index (χ2v) is 4.30. The minimum atomic E-state index is -0.688. The van der Waals surface area contributed by atoms with Crippen LogP contribution >= 0.6 is 0 Å². The van der Waals surface area contributed by atoms with Crippen LogP contribution in [0.2, 0.25) is 0 Å². The Balaban J connectivity index is 1.75. The van der Waals surface area contributed by atoms with Crippen molar-refractivity contribution in [2.75, 3.05) is 0 Å². The van der Waals surface area contributed by atoms with Crippen LogP contribution in [-0.2, 0) is 4.79 Å². The van der Waals surface area contributed by atoms with Crippen LogP contribution in [0.15, 0.2) is 0 Å². The van der Waals surface area contributed by atoms with E-state index in [9.17, 15) is 4.79 Å². The molecule has 2 unspecified atom stereocenters. The molecule has 3 heteroatoms. The molecule has 0 bridgehead atoms. The van der Waals surface area contributed by atoms with E-state index in [0.29, 0.717) is 6.04 Å². The van der Waals surface area contributed by atoms with Crippen LogP contribution in [0.25, 0.3) is 0 Å². The fraction of sp³-hybridized carbons (Fsp3) is 0.900. The molecule has 1 aliphatic heterocycles. The molecular formula is C10H17NO2. The first-order valence-electron chi connectivity index (χ1n) is 5.26. The maximum atomic E-state index is 10.5. The molecule has 1 heterocycles. The van der Waals surface area contributed by atoms with Crippen molar-refractivity contribution < 1.29 is 9.90 Å². The maximum Gasteiger partial charge on any atom is 0.320 e. The number of rotatable bonds is 2. The van der Waals surface area contributed by atoms with Gasteiger partial charge in [0.1, 0.15) is 6.04 Å². The summed E-state index contributed by atoms with van der Waals surface area (Å²) in [7, 11) is 0. The number of hydrogen-bond acceptors (Lipinski definition) is 2. The molecule has 0 radical (unpaired) electrons. The van der Waals surface area contributed by atoms with Gasteiger partial charge in [-0.15, -0.1) is 0 Å². The lowest BCUT2D eigenvalue weighted by Crippen LogP contribution is -2.59. The number of carboxylic acid groups (broad SMARTS) is 1. The van der Waals surface area contributed by atoms with E-state index < -0.39 is 5.97 Å². The zero-order chi connectivity index (χ0) is 9.26. The van der Waals surface area contributed by atoms with E-state index >= 15 is 0 Å². The molecule has 2 rings (SSSR count). The molecule has 2 fully saturated rings. The van der Waals surface area contributed by atoms with E-state index in [-0.39, 0.29) is 6.04 Å². The number of aliphatic carboxylic acids is 1. The zero-order valence-corrected chi connectivity index (χ0v) is 7.83. The van der Waals surface area contributed by atoms with Crippen molar-refractivity contribution in [3.05, 3.63) is 0 Å². The Bertz CT molecular complexity index is 193. The van der Waals surface area contributed by atoms with Gasteiger partial charge in [-0.3, -0.25) is 4.79 Å². The molecule has 1 aliphatic carbocycles. The predicted octanol–water partition coefficient (Wildman–Crippen LogP) is 1.38. The molecule has 0 amide bonds. The van der Waals surface area contributed by atoms with Crippen LogP contribution in [0.1, 0.15) is 38.5 Å². The van der Waals surface area contributed by atoms with Crippen LogP contribution < -0.4 is 5.32 Å². The third-order valence-corrected chi connectivity index (χ3v) is 3.42. The average Bonchev–Trinajstić information content (AvgIpc) is 2.02. The maximum absolute atomic E-state index is 10.5. The van der Waals surface area contributed by atoms with Gasteiger partial charge in [-0.2, -0.15) is 0 Å². The van der Waals surface area contributed by atoms with Gasteiger partial charge >= 0.3 is 5.97 Å². The Morgan fingerprint density at radius 1 is 1.23 bits per heavy atom. The normalized spacial score (nSPS) is 35.4. The molecule has 2 aliphatic rings. The Kier molecular flexibility index (Phi) is 2.54. The van der Waals surface area contributed by atoms with E-state index in [0.717, 1.165) is 12.3 Å². The van der Waals surface area contributed by atoms with Crippen LogP contribution in [0.4, 0.5) is 0 Å². The highest BCUT2D eigenvalue weighted by Crippen LogP contribution is 2.31. The van der Waals surface area contributed by atoms with E-state index in [2.05, 4.69) is 5.32 Å². The molecule has 0 aromatic rings. The fourth-order valence-corrected chi connectivity index (χ4v) is 2.53. The first-order valence-corrected chi connectivity index (χ1v) is 5.26.